The van der Waals surface area contributed by atoms with Gasteiger partial charge in [-0.25, -0.2) is 9.97 Å². The Kier molecular flexibility index (Phi) is 4.65. The van der Waals surface area contributed by atoms with E-state index >= 15 is 0 Å². The van der Waals surface area contributed by atoms with Gasteiger partial charge >= 0.3 is 0 Å². The zero-order chi connectivity index (χ0) is 12.1. The molecule has 0 saturated heterocycles. The van der Waals surface area contributed by atoms with Crippen molar-refractivity contribution in [2.24, 2.45) is 0 Å². The van der Waals surface area contributed by atoms with Crippen molar-refractivity contribution >= 4 is 27.3 Å². The third kappa shape index (κ3) is 3.12. The second kappa shape index (κ2) is 6.23. The van der Waals surface area contributed by atoms with Crippen LogP contribution < -0.4 is 5.32 Å². The van der Waals surface area contributed by atoms with E-state index in [1.807, 2.05) is 6.07 Å². The van der Waals surface area contributed by atoms with Crippen LogP contribution in [0.15, 0.2) is 34.5 Å². The van der Waals surface area contributed by atoms with Gasteiger partial charge in [0.15, 0.2) is 0 Å². The van der Waals surface area contributed by atoms with Gasteiger partial charge in [-0.05, 0) is 46.4 Å². The molecule has 2 aromatic rings. The van der Waals surface area contributed by atoms with Gasteiger partial charge in [-0.2, -0.15) is 0 Å². The monoisotopic (exact) mass is 311 g/mol. The summed E-state index contributed by atoms with van der Waals surface area (Å²) >= 11 is 5.32. The highest BCUT2D eigenvalue weighted by atomic mass is 79.9. The number of halogens is 1. The van der Waals surface area contributed by atoms with Crippen LogP contribution in [0.25, 0.3) is 0 Å². The third-order valence-electron chi connectivity index (χ3n) is 2.41. The maximum absolute atomic E-state index is 4.34. The first-order valence-corrected chi connectivity index (χ1v) is 7.22. The minimum Gasteiger partial charge on any atom is -0.304 e. The molecule has 17 heavy (non-hydrogen) atoms. The van der Waals surface area contributed by atoms with E-state index in [1.54, 1.807) is 23.9 Å². The lowest BCUT2D eigenvalue weighted by Gasteiger charge is -2.17. The van der Waals surface area contributed by atoms with Crippen molar-refractivity contribution in [3.05, 3.63) is 45.1 Å². The zero-order valence-corrected chi connectivity index (χ0v) is 12.0. The fourth-order valence-electron chi connectivity index (χ4n) is 1.60. The van der Waals surface area contributed by atoms with Crippen LogP contribution in [0, 0.1) is 0 Å². The molecular weight excluding hydrogens is 298 g/mol. The molecule has 1 N–H and O–H groups in total. The van der Waals surface area contributed by atoms with Crippen LogP contribution in [0.3, 0.4) is 0 Å². The molecule has 0 aliphatic carbocycles. The molecule has 1 unspecified atom stereocenters. The van der Waals surface area contributed by atoms with E-state index in [4.69, 9.17) is 0 Å². The molecule has 2 heterocycles. The number of aromatic nitrogens is 2. The molecule has 0 radical (unpaired) electrons. The Bertz CT molecular complexity index is 458. The van der Waals surface area contributed by atoms with Crippen molar-refractivity contribution in [2.45, 2.75) is 19.4 Å². The number of nitrogens with zero attached hydrogens (tertiary/aromatic N) is 2. The summed E-state index contributed by atoms with van der Waals surface area (Å²) in [6.07, 6.45) is 4.48. The standard InChI is InChI=1S/C12H14BrN3S/c1-2-5-15-11(10-3-6-14-8-16-10)12-9(13)4-7-17-12/h3-4,6-8,11,15H,2,5H2,1H3. The van der Waals surface area contributed by atoms with Crippen LogP contribution in [0.2, 0.25) is 0 Å². The van der Waals surface area contributed by atoms with Crippen molar-refractivity contribution in [1.82, 2.24) is 15.3 Å². The predicted octanol–water partition coefficient (Wildman–Crippen LogP) is 3.39. The van der Waals surface area contributed by atoms with Crippen LogP contribution in [0.5, 0.6) is 0 Å². The van der Waals surface area contributed by atoms with E-state index in [2.05, 4.69) is 49.6 Å². The minimum atomic E-state index is 0.146. The highest BCUT2D eigenvalue weighted by molar-refractivity contribution is 9.10. The smallest absolute Gasteiger partial charge is 0.115 e. The first-order chi connectivity index (χ1) is 8.33. The van der Waals surface area contributed by atoms with Gasteiger partial charge in [0.05, 0.1) is 11.7 Å². The maximum Gasteiger partial charge on any atom is 0.115 e. The molecule has 1 atom stereocenters. The van der Waals surface area contributed by atoms with Gasteiger partial charge in [0, 0.05) is 15.5 Å². The van der Waals surface area contributed by atoms with Crippen LogP contribution in [0.1, 0.15) is 30.0 Å². The van der Waals surface area contributed by atoms with Crippen LogP contribution in [0.4, 0.5) is 0 Å². The van der Waals surface area contributed by atoms with Crippen LogP contribution in [-0.4, -0.2) is 16.5 Å². The largest absolute Gasteiger partial charge is 0.304 e. The maximum atomic E-state index is 4.34. The molecule has 2 aromatic heterocycles. The molecule has 90 valence electrons. The average Bonchev–Trinajstić information content (AvgIpc) is 2.78. The summed E-state index contributed by atoms with van der Waals surface area (Å²) in [5, 5.41) is 5.60. The summed E-state index contributed by atoms with van der Waals surface area (Å²) in [5.41, 5.74) is 1.01. The van der Waals surface area contributed by atoms with E-state index in [1.165, 1.54) is 4.88 Å². The molecule has 0 amide bonds. The lowest BCUT2D eigenvalue weighted by Crippen LogP contribution is -2.23. The van der Waals surface area contributed by atoms with Crippen LogP contribution >= 0.6 is 27.3 Å². The highest BCUT2D eigenvalue weighted by Gasteiger charge is 2.18. The Balaban J connectivity index is 2.29. The Morgan fingerprint density at radius 2 is 2.35 bits per heavy atom. The molecule has 0 aliphatic heterocycles. The molecule has 0 aromatic carbocycles. The summed E-state index contributed by atoms with van der Waals surface area (Å²) in [4.78, 5) is 9.57. The fraction of sp³-hybridized carbons (Fsp3) is 0.333. The van der Waals surface area contributed by atoms with Gasteiger partial charge < -0.3 is 5.32 Å². The number of nitrogens with one attached hydrogen (secondary N) is 1. The molecule has 0 aliphatic rings. The Hall–Kier alpha value is -0.780. The first-order valence-electron chi connectivity index (χ1n) is 5.55. The number of thiophene rings is 1. The van der Waals surface area contributed by atoms with Gasteiger partial charge in [0.1, 0.15) is 6.33 Å². The number of rotatable bonds is 5. The van der Waals surface area contributed by atoms with Gasteiger partial charge in [-0.15, -0.1) is 11.3 Å². The molecule has 2 rings (SSSR count). The lowest BCUT2D eigenvalue weighted by molar-refractivity contribution is 0.591. The summed E-state index contributed by atoms with van der Waals surface area (Å²) in [5.74, 6) is 0. The summed E-state index contributed by atoms with van der Waals surface area (Å²) in [6.45, 7) is 3.13. The lowest BCUT2D eigenvalue weighted by atomic mass is 10.1. The fourth-order valence-corrected chi connectivity index (χ4v) is 3.29. The Morgan fingerprint density at radius 1 is 1.47 bits per heavy atom. The molecule has 3 nitrogen and oxygen atoms in total. The van der Waals surface area contributed by atoms with Crippen molar-refractivity contribution in [3.63, 3.8) is 0 Å². The Labute approximate surface area is 113 Å². The van der Waals surface area contributed by atoms with Gasteiger partial charge in [0.2, 0.25) is 0 Å². The average molecular weight is 312 g/mol. The Morgan fingerprint density at radius 3 is 2.94 bits per heavy atom. The SMILES string of the molecule is CCCNC(c1ccncn1)c1sccc1Br. The molecule has 0 spiro atoms. The number of hydrogen-bond acceptors (Lipinski definition) is 4. The van der Waals surface area contributed by atoms with Gasteiger partial charge in [0.25, 0.3) is 0 Å². The van der Waals surface area contributed by atoms with Crippen molar-refractivity contribution < 1.29 is 0 Å². The van der Waals surface area contributed by atoms with Crippen molar-refractivity contribution in [3.8, 4) is 0 Å². The molecular formula is C12H14BrN3S. The minimum absolute atomic E-state index is 0.146. The van der Waals surface area contributed by atoms with E-state index < -0.39 is 0 Å². The predicted molar refractivity (Wildman–Crippen MR) is 74.2 cm³/mol. The number of hydrogen-bond donors (Lipinski definition) is 1. The highest BCUT2D eigenvalue weighted by Crippen LogP contribution is 2.32. The third-order valence-corrected chi connectivity index (χ3v) is 4.34. The van der Waals surface area contributed by atoms with E-state index in [9.17, 15) is 0 Å². The molecule has 0 bridgehead atoms. The van der Waals surface area contributed by atoms with E-state index in [0.717, 1.165) is 23.1 Å². The van der Waals surface area contributed by atoms with Crippen molar-refractivity contribution in [1.29, 1.82) is 0 Å². The van der Waals surface area contributed by atoms with E-state index in [-0.39, 0.29) is 6.04 Å². The summed E-state index contributed by atoms with van der Waals surface area (Å²) in [6, 6.07) is 4.17. The normalized spacial score (nSPS) is 12.6. The van der Waals surface area contributed by atoms with E-state index in [0.29, 0.717) is 0 Å². The molecule has 0 saturated carbocycles. The second-order valence-electron chi connectivity index (χ2n) is 3.65. The quantitative estimate of drug-likeness (QED) is 0.919. The first kappa shape index (κ1) is 12.7. The van der Waals surface area contributed by atoms with Crippen molar-refractivity contribution in [2.75, 3.05) is 6.54 Å². The molecule has 0 fully saturated rings. The summed E-state index contributed by atoms with van der Waals surface area (Å²) < 4.78 is 1.13. The summed E-state index contributed by atoms with van der Waals surface area (Å²) in [7, 11) is 0. The molecule has 5 heteroatoms. The van der Waals surface area contributed by atoms with Gasteiger partial charge in [-0.1, -0.05) is 6.92 Å². The topological polar surface area (TPSA) is 37.8 Å². The zero-order valence-electron chi connectivity index (χ0n) is 9.56. The van der Waals surface area contributed by atoms with Gasteiger partial charge in [-0.3, -0.25) is 0 Å². The second-order valence-corrected chi connectivity index (χ2v) is 5.46. The van der Waals surface area contributed by atoms with Crippen LogP contribution in [-0.2, 0) is 0 Å².